The van der Waals surface area contributed by atoms with E-state index in [2.05, 4.69) is 20.6 Å². The van der Waals surface area contributed by atoms with Gasteiger partial charge in [-0.25, -0.2) is 9.78 Å². The molecule has 6 nitrogen and oxygen atoms in total. The number of pyridine rings is 1. The molecular formula is C13H19N5O. The van der Waals surface area contributed by atoms with E-state index >= 15 is 0 Å². The van der Waals surface area contributed by atoms with Crippen molar-refractivity contribution in [3.63, 3.8) is 0 Å². The Morgan fingerprint density at radius 3 is 3.05 bits per heavy atom. The number of nitrogens with zero attached hydrogens (tertiary/aromatic N) is 2. The van der Waals surface area contributed by atoms with Crippen molar-refractivity contribution in [1.29, 1.82) is 0 Å². The minimum atomic E-state index is -0.0712. The van der Waals surface area contributed by atoms with Gasteiger partial charge in [-0.05, 0) is 17.7 Å². The smallest absolute Gasteiger partial charge is 0.316 e. The summed E-state index contributed by atoms with van der Waals surface area (Å²) in [7, 11) is 3.45. The topological polar surface area (TPSA) is 73.1 Å². The molecule has 0 fully saturated rings. The van der Waals surface area contributed by atoms with Crippen LogP contribution < -0.4 is 10.6 Å². The maximum Gasteiger partial charge on any atom is 0.316 e. The third-order valence-electron chi connectivity index (χ3n) is 2.84. The molecule has 0 aromatic carbocycles. The molecule has 3 N–H and O–H groups in total. The summed E-state index contributed by atoms with van der Waals surface area (Å²) in [4.78, 5) is 20.2. The van der Waals surface area contributed by atoms with Gasteiger partial charge < -0.3 is 20.5 Å². The number of H-pyrrole nitrogens is 1. The van der Waals surface area contributed by atoms with Gasteiger partial charge in [-0.2, -0.15) is 0 Å². The van der Waals surface area contributed by atoms with Gasteiger partial charge in [-0.1, -0.05) is 0 Å². The molecule has 0 aliphatic heterocycles. The van der Waals surface area contributed by atoms with Crippen LogP contribution in [0.15, 0.2) is 24.5 Å². The lowest BCUT2D eigenvalue weighted by Gasteiger charge is -2.12. The van der Waals surface area contributed by atoms with Crippen LogP contribution >= 0.6 is 0 Å². The molecule has 2 amide bonds. The van der Waals surface area contributed by atoms with E-state index in [1.807, 2.05) is 18.3 Å². The molecule has 2 aromatic rings. The first-order chi connectivity index (χ1) is 9.18. The third-order valence-corrected chi connectivity index (χ3v) is 2.84. The van der Waals surface area contributed by atoms with Crippen LogP contribution in [0.25, 0.3) is 11.0 Å². The Kier molecular flexibility index (Phi) is 4.35. The van der Waals surface area contributed by atoms with E-state index < -0.39 is 0 Å². The number of carbonyl (C=O) groups excluding carboxylic acids is 1. The number of carbonyl (C=O) groups is 1. The van der Waals surface area contributed by atoms with Crippen molar-refractivity contribution < 1.29 is 4.79 Å². The average Bonchev–Trinajstić information content (AvgIpc) is 2.81. The second kappa shape index (κ2) is 6.19. The SMILES string of the molecule is CN(C)C(=O)NCCNCc1c[nH]c2ncccc12. The van der Waals surface area contributed by atoms with E-state index in [9.17, 15) is 4.79 Å². The molecule has 0 saturated carbocycles. The zero-order valence-electron chi connectivity index (χ0n) is 11.2. The molecule has 0 aliphatic rings. The maximum atomic E-state index is 11.3. The Morgan fingerprint density at radius 1 is 1.42 bits per heavy atom. The van der Waals surface area contributed by atoms with Crippen molar-refractivity contribution in [3.8, 4) is 0 Å². The molecule has 6 heteroatoms. The second-order valence-corrected chi connectivity index (χ2v) is 4.52. The molecule has 2 heterocycles. The van der Waals surface area contributed by atoms with Gasteiger partial charge in [0.15, 0.2) is 0 Å². The summed E-state index contributed by atoms with van der Waals surface area (Å²) in [6.07, 6.45) is 3.73. The molecule has 0 spiro atoms. The van der Waals surface area contributed by atoms with Gasteiger partial charge in [-0.3, -0.25) is 0 Å². The summed E-state index contributed by atoms with van der Waals surface area (Å²) in [5, 5.41) is 7.23. The predicted molar refractivity (Wildman–Crippen MR) is 74.9 cm³/mol. The van der Waals surface area contributed by atoms with E-state index in [1.165, 1.54) is 10.5 Å². The van der Waals surface area contributed by atoms with Crippen molar-refractivity contribution in [3.05, 3.63) is 30.1 Å². The van der Waals surface area contributed by atoms with E-state index in [1.54, 1.807) is 20.3 Å². The first-order valence-corrected chi connectivity index (χ1v) is 6.25. The van der Waals surface area contributed by atoms with Crippen LogP contribution in [0.4, 0.5) is 4.79 Å². The van der Waals surface area contributed by atoms with Gasteiger partial charge in [0, 0.05) is 51.5 Å². The van der Waals surface area contributed by atoms with Crippen LogP contribution in [0.3, 0.4) is 0 Å². The molecule has 0 bridgehead atoms. The van der Waals surface area contributed by atoms with Crippen LogP contribution in [-0.4, -0.2) is 48.1 Å². The van der Waals surface area contributed by atoms with Crippen molar-refractivity contribution in [2.75, 3.05) is 27.2 Å². The number of urea groups is 1. The van der Waals surface area contributed by atoms with E-state index in [0.29, 0.717) is 6.54 Å². The molecular weight excluding hydrogens is 242 g/mol. The third kappa shape index (κ3) is 3.45. The molecule has 2 aromatic heterocycles. The molecule has 0 unspecified atom stereocenters. The molecule has 0 atom stereocenters. The normalized spacial score (nSPS) is 10.6. The Morgan fingerprint density at radius 2 is 2.26 bits per heavy atom. The summed E-state index contributed by atoms with van der Waals surface area (Å²) in [5.41, 5.74) is 2.09. The summed E-state index contributed by atoms with van der Waals surface area (Å²) in [5.74, 6) is 0. The Hall–Kier alpha value is -2.08. The van der Waals surface area contributed by atoms with Gasteiger partial charge >= 0.3 is 6.03 Å². The highest BCUT2D eigenvalue weighted by atomic mass is 16.2. The number of hydrogen-bond donors (Lipinski definition) is 3. The highest BCUT2D eigenvalue weighted by molar-refractivity contribution is 5.79. The van der Waals surface area contributed by atoms with E-state index in [0.717, 1.165) is 24.1 Å². The minimum absolute atomic E-state index is 0.0712. The van der Waals surface area contributed by atoms with E-state index in [-0.39, 0.29) is 6.03 Å². The fourth-order valence-corrected chi connectivity index (χ4v) is 1.80. The van der Waals surface area contributed by atoms with Gasteiger partial charge in [0.2, 0.25) is 0 Å². The Balaban J connectivity index is 1.76. The lowest BCUT2D eigenvalue weighted by atomic mass is 10.2. The number of amides is 2. The lowest BCUT2D eigenvalue weighted by Crippen LogP contribution is -2.38. The highest BCUT2D eigenvalue weighted by Gasteiger charge is 2.03. The monoisotopic (exact) mass is 261 g/mol. The van der Waals surface area contributed by atoms with Crippen LogP contribution in [0.1, 0.15) is 5.56 Å². The van der Waals surface area contributed by atoms with E-state index in [4.69, 9.17) is 0 Å². The van der Waals surface area contributed by atoms with Crippen LogP contribution in [0.2, 0.25) is 0 Å². The molecule has 0 saturated heterocycles. The fourth-order valence-electron chi connectivity index (χ4n) is 1.80. The number of nitrogens with one attached hydrogen (secondary N) is 3. The zero-order valence-corrected chi connectivity index (χ0v) is 11.2. The van der Waals surface area contributed by atoms with Gasteiger partial charge in [0.1, 0.15) is 5.65 Å². The number of aromatic amines is 1. The zero-order chi connectivity index (χ0) is 13.7. The number of fused-ring (bicyclic) bond motifs is 1. The van der Waals surface area contributed by atoms with Gasteiger partial charge in [-0.15, -0.1) is 0 Å². The number of aromatic nitrogens is 2. The van der Waals surface area contributed by atoms with Crippen molar-refractivity contribution in [2.24, 2.45) is 0 Å². The number of rotatable bonds is 5. The Bertz CT molecular complexity index is 549. The molecule has 0 radical (unpaired) electrons. The maximum absolute atomic E-state index is 11.3. The van der Waals surface area contributed by atoms with Crippen LogP contribution in [-0.2, 0) is 6.54 Å². The van der Waals surface area contributed by atoms with Crippen molar-refractivity contribution >= 4 is 17.1 Å². The summed E-state index contributed by atoms with van der Waals surface area (Å²) in [6, 6.07) is 3.90. The summed E-state index contributed by atoms with van der Waals surface area (Å²) < 4.78 is 0. The lowest BCUT2D eigenvalue weighted by molar-refractivity contribution is 0.217. The molecule has 19 heavy (non-hydrogen) atoms. The quantitative estimate of drug-likeness (QED) is 0.701. The molecule has 102 valence electrons. The van der Waals surface area contributed by atoms with Crippen LogP contribution in [0, 0.1) is 0 Å². The van der Waals surface area contributed by atoms with Gasteiger partial charge in [0.05, 0.1) is 0 Å². The highest BCUT2D eigenvalue weighted by Crippen LogP contribution is 2.14. The molecule has 0 aliphatic carbocycles. The first-order valence-electron chi connectivity index (χ1n) is 6.25. The second-order valence-electron chi connectivity index (χ2n) is 4.52. The minimum Gasteiger partial charge on any atom is -0.346 e. The number of hydrogen-bond acceptors (Lipinski definition) is 3. The predicted octanol–water partition coefficient (Wildman–Crippen LogP) is 0.924. The summed E-state index contributed by atoms with van der Waals surface area (Å²) in [6.45, 7) is 2.09. The fraction of sp³-hybridized carbons (Fsp3) is 0.385. The van der Waals surface area contributed by atoms with Crippen molar-refractivity contribution in [1.82, 2.24) is 25.5 Å². The average molecular weight is 261 g/mol. The largest absolute Gasteiger partial charge is 0.346 e. The van der Waals surface area contributed by atoms with Crippen molar-refractivity contribution in [2.45, 2.75) is 6.54 Å². The standard InChI is InChI=1S/C13H19N5O/c1-18(2)13(19)16-7-6-14-8-10-9-17-12-11(10)4-3-5-15-12/h3-5,9,14H,6-8H2,1-2H3,(H,15,17)(H,16,19). The Labute approximate surface area is 112 Å². The summed E-state index contributed by atoms with van der Waals surface area (Å²) >= 11 is 0. The van der Waals surface area contributed by atoms with Gasteiger partial charge in [0.25, 0.3) is 0 Å². The first kappa shape index (κ1) is 13.4. The molecule has 2 rings (SSSR count). The van der Waals surface area contributed by atoms with Crippen LogP contribution in [0.5, 0.6) is 0 Å².